The summed E-state index contributed by atoms with van der Waals surface area (Å²) in [5.74, 6) is -1.75. The van der Waals surface area contributed by atoms with Gasteiger partial charge in [-0.05, 0) is 87.3 Å². The Morgan fingerprint density at radius 3 is 2.61 bits per heavy atom. The van der Waals surface area contributed by atoms with Gasteiger partial charge in [-0.15, -0.1) is 6.58 Å². The predicted octanol–water partition coefficient (Wildman–Crippen LogP) is 6.32. The molecule has 1 aliphatic heterocycles. The van der Waals surface area contributed by atoms with Crippen LogP contribution in [0.5, 0.6) is 11.5 Å². The third-order valence-corrected chi connectivity index (χ3v) is 13.1. The Morgan fingerprint density at radius 2 is 1.88 bits per heavy atom. The van der Waals surface area contributed by atoms with Crippen molar-refractivity contribution in [3.63, 3.8) is 0 Å². The van der Waals surface area contributed by atoms with E-state index in [9.17, 15) is 23.4 Å². The lowest BCUT2D eigenvalue weighted by molar-refractivity contribution is -0.250. The number of nitrogens with zero attached hydrogens (tertiary/aromatic N) is 3. The van der Waals surface area contributed by atoms with E-state index >= 15 is 0 Å². The second-order valence-corrected chi connectivity index (χ2v) is 16.4. The summed E-state index contributed by atoms with van der Waals surface area (Å²) in [6, 6.07) is 13.0. The summed E-state index contributed by atoms with van der Waals surface area (Å²) < 4.78 is 51.0. The van der Waals surface area contributed by atoms with E-state index in [-0.39, 0.29) is 48.9 Å². The standard InChI is InChI=1S/C42H54N4O9S/c1-5-24-52-42-37(46(4)56(50,51)36-18-12-15-28-16-13-21-44-40(28)36)27-34(45-53-7-3)32-25-29(14-8-10-22-47)31(17-9-11-23-48)38(39(32)42)33-26-30(19-20-35(33)55-42)54-41(49)43-6-2/h5,12-13,15-16,18-21,25-26,29,31,37-39,47-48H,1,6-11,14,17,22-24,27H2,2-4H3,(H,43,49). The molecule has 1 fully saturated rings. The first-order chi connectivity index (χ1) is 27.1. The number of ether oxygens (including phenoxy) is 3. The lowest BCUT2D eigenvalue weighted by Gasteiger charge is -2.59. The van der Waals surface area contributed by atoms with Crippen molar-refractivity contribution < 1.29 is 42.5 Å². The van der Waals surface area contributed by atoms with Gasteiger partial charge in [0, 0.05) is 56.3 Å². The van der Waals surface area contributed by atoms with Crippen LogP contribution in [0.15, 0.2) is 89.1 Å². The van der Waals surface area contributed by atoms with Gasteiger partial charge >= 0.3 is 6.09 Å². The highest BCUT2D eigenvalue weighted by Crippen LogP contribution is 2.62. The normalized spacial score (nSPS) is 24.9. The minimum absolute atomic E-state index is 0.0131. The number of hydrogen-bond donors (Lipinski definition) is 3. The molecular formula is C42H54N4O9S. The average Bonchev–Trinajstić information content (AvgIpc) is 3.20. The van der Waals surface area contributed by atoms with Crippen LogP contribution < -0.4 is 14.8 Å². The second kappa shape index (κ2) is 18.3. The first-order valence-electron chi connectivity index (χ1n) is 19.6. The average molecular weight is 791 g/mol. The number of sulfonamides is 1. The number of oxime groups is 1. The molecular weight excluding hydrogens is 737 g/mol. The van der Waals surface area contributed by atoms with E-state index in [1.165, 1.54) is 4.31 Å². The number of benzene rings is 2. The van der Waals surface area contributed by atoms with Crippen LogP contribution in [0.2, 0.25) is 0 Å². The molecule has 1 saturated carbocycles. The molecule has 2 aliphatic carbocycles. The summed E-state index contributed by atoms with van der Waals surface area (Å²) in [6.45, 7) is 8.47. The number of para-hydroxylation sites is 1. The van der Waals surface area contributed by atoms with Crippen LogP contribution in [-0.2, 0) is 19.6 Å². The molecule has 3 aromatic rings. The monoisotopic (exact) mass is 790 g/mol. The van der Waals surface area contributed by atoms with Gasteiger partial charge < -0.3 is 34.6 Å². The van der Waals surface area contributed by atoms with Crippen molar-refractivity contribution in [3.05, 3.63) is 84.6 Å². The Bertz CT molecular complexity index is 2030. The largest absolute Gasteiger partial charge is 0.460 e. The summed E-state index contributed by atoms with van der Waals surface area (Å²) in [7, 11) is -2.71. The van der Waals surface area contributed by atoms with Crippen molar-refractivity contribution in [2.75, 3.05) is 40.0 Å². The Labute approximate surface area is 329 Å². The number of aliphatic hydroxyl groups is 2. The first-order valence-corrected chi connectivity index (χ1v) is 21.1. The number of likely N-dealkylation sites (N-methyl/N-ethyl adjacent to an activating group) is 1. The zero-order valence-corrected chi connectivity index (χ0v) is 33.2. The van der Waals surface area contributed by atoms with Crippen molar-refractivity contribution in [1.29, 1.82) is 0 Å². The number of carbonyl (C=O) groups excluding carboxylic acids is 1. The van der Waals surface area contributed by atoms with E-state index in [4.69, 9.17) is 19.0 Å². The highest BCUT2D eigenvalue weighted by Gasteiger charge is 2.65. The van der Waals surface area contributed by atoms with Crippen molar-refractivity contribution in [3.8, 4) is 11.5 Å². The van der Waals surface area contributed by atoms with Crippen LogP contribution in [0.25, 0.3) is 10.9 Å². The number of unbranched alkanes of at least 4 members (excludes halogenated alkanes) is 2. The summed E-state index contributed by atoms with van der Waals surface area (Å²) in [5, 5.41) is 27.6. The Balaban J connectivity index is 1.60. The number of fused-ring (bicyclic) bond motifs is 3. The van der Waals surface area contributed by atoms with Gasteiger partial charge in [0.2, 0.25) is 15.8 Å². The number of allylic oxidation sites excluding steroid dienone is 1. The third kappa shape index (κ3) is 8.08. The zero-order chi connectivity index (χ0) is 39.9. The SMILES string of the molecule is C=CCOC12Oc3ccc(OC(=O)NCC)cc3C3C(CCCCO)C(CCCCO)C=C(C(=NOCC)CC1N(C)S(=O)(=O)c1cccc4cccnc14)C32. The molecule has 6 unspecified atom stereocenters. The van der Waals surface area contributed by atoms with Gasteiger partial charge in [-0.1, -0.05) is 48.3 Å². The summed E-state index contributed by atoms with van der Waals surface area (Å²) in [5.41, 5.74) is 2.57. The minimum atomic E-state index is -4.25. The lowest BCUT2D eigenvalue weighted by atomic mass is 9.55. The number of nitrogens with one attached hydrogen (secondary N) is 1. The fraction of sp³-hybridized carbons (Fsp3) is 0.500. The molecule has 1 aromatic heterocycles. The van der Waals surface area contributed by atoms with Crippen LogP contribution in [0, 0.1) is 17.8 Å². The summed E-state index contributed by atoms with van der Waals surface area (Å²) >= 11 is 0. The van der Waals surface area contributed by atoms with Crippen LogP contribution in [0.1, 0.15) is 70.3 Å². The predicted molar refractivity (Wildman–Crippen MR) is 213 cm³/mol. The fourth-order valence-electron chi connectivity index (χ4n) is 8.80. The number of amides is 1. The van der Waals surface area contributed by atoms with E-state index in [1.54, 1.807) is 49.7 Å². The maximum atomic E-state index is 15.0. The van der Waals surface area contributed by atoms with Crippen molar-refractivity contribution in [1.82, 2.24) is 14.6 Å². The Hall–Kier alpha value is -4.34. The highest BCUT2D eigenvalue weighted by molar-refractivity contribution is 7.89. The fourth-order valence-corrected chi connectivity index (χ4v) is 10.3. The number of rotatable bonds is 18. The highest BCUT2D eigenvalue weighted by atomic mass is 32.2. The quantitative estimate of drug-likeness (QED) is 0.0754. The van der Waals surface area contributed by atoms with Gasteiger partial charge in [-0.3, -0.25) is 4.98 Å². The molecule has 0 saturated heterocycles. The van der Waals surface area contributed by atoms with Crippen LogP contribution >= 0.6 is 0 Å². The second-order valence-electron chi connectivity index (χ2n) is 14.5. The van der Waals surface area contributed by atoms with Crippen LogP contribution in [0.4, 0.5) is 4.79 Å². The number of aliphatic hydroxyl groups excluding tert-OH is 2. The molecule has 56 heavy (non-hydrogen) atoms. The lowest BCUT2D eigenvalue weighted by Crippen LogP contribution is -2.69. The number of pyridine rings is 1. The smallest absolute Gasteiger partial charge is 0.412 e. The van der Waals surface area contributed by atoms with E-state index in [1.807, 2.05) is 32.0 Å². The molecule has 13 nitrogen and oxygen atoms in total. The number of aromatic nitrogens is 1. The van der Waals surface area contributed by atoms with Crippen molar-refractivity contribution in [2.45, 2.75) is 81.4 Å². The van der Waals surface area contributed by atoms with Gasteiger partial charge in [-0.2, -0.15) is 4.31 Å². The maximum absolute atomic E-state index is 15.0. The van der Waals surface area contributed by atoms with Gasteiger partial charge in [0.15, 0.2) is 0 Å². The van der Waals surface area contributed by atoms with Crippen LogP contribution in [-0.4, -0.2) is 91.6 Å². The molecule has 0 bridgehead atoms. The van der Waals surface area contributed by atoms with Gasteiger partial charge in [0.1, 0.15) is 23.0 Å². The Morgan fingerprint density at radius 1 is 1.11 bits per heavy atom. The third-order valence-electron chi connectivity index (χ3n) is 11.2. The summed E-state index contributed by atoms with van der Waals surface area (Å²) in [4.78, 5) is 22.9. The van der Waals surface area contributed by atoms with Crippen LogP contribution in [0.3, 0.4) is 0 Å². The molecule has 0 spiro atoms. The van der Waals surface area contributed by atoms with E-state index in [0.29, 0.717) is 54.1 Å². The van der Waals surface area contributed by atoms with Gasteiger partial charge in [0.05, 0.1) is 29.8 Å². The molecule has 302 valence electrons. The van der Waals surface area contributed by atoms with E-state index < -0.39 is 33.9 Å². The number of hydrogen-bond acceptors (Lipinski definition) is 11. The topological polar surface area (TPSA) is 169 Å². The maximum Gasteiger partial charge on any atom is 0.412 e. The molecule has 2 aromatic carbocycles. The van der Waals surface area contributed by atoms with E-state index in [0.717, 1.165) is 36.8 Å². The van der Waals surface area contributed by atoms with Crippen molar-refractivity contribution >= 4 is 32.7 Å². The molecule has 6 atom stereocenters. The molecule has 2 heterocycles. The zero-order valence-electron chi connectivity index (χ0n) is 32.4. The molecule has 3 aliphatic rings. The van der Waals surface area contributed by atoms with E-state index in [2.05, 4.69) is 28.1 Å². The molecule has 1 amide bonds. The number of carbonyl (C=O) groups is 1. The molecule has 3 N–H and O–H groups in total. The van der Waals surface area contributed by atoms with Gasteiger partial charge in [-0.25, -0.2) is 13.2 Å². The minimum Gasteiger partial charge on any atom is -0.460 e. The first kappa shape index (κ1) is 41.3. The van der Waals surface area contributed by atoms with Crippen molar-refractivity contribution in [2.24, 2.45) is 22.9 Å². The molecule has 14 heteroatoms. The van der Waals surface area contributed by atoms with Gasteiger partial charge in [0.25, 0.3) is 0 Å². The Kier molecular flexibility index (Phi) is 13.5. The summed E-state index contributed by atoms with van der Waals surface area (Å²) in [6.07, 6.45) is 9.21. The molecule has 0 radical (unpaired) electrons. The molecule has 6 rings (SSSR count).